The summed E-state index contributed by atoms with van der Waals surface area (Å²) in [6, 6.07) is -0.605. The Morgan fingerprint density at radius 1 is 1.00 bits per heavy atom. The number of nitro groups is 1. The fourth-order valence-corrected chi connectivity index (χ4v) is 2.17. The van der Waals surface area contributed by atoms with Crippen LogP contribution in [0.5, 0.6) is 0 Å². The van der Waals surface area contributed by atoms with Gasteiger partial charge in [-0.25, -0.2) is 0 Å². The fourth-order valence-electron chi connectivity index (χ4n) is 2.17. The minimum Gasteiger partial charge on any atom is -0.291 e. The van der Waals surface area contributed by atoms with Gasteiger partial charge in [0.2, 0.25) is 6.04 Å². The predicted octanol–water partition coefficient (Wildman–Crippen LogP) is 5.16. The molecule has 0 saturated heterocycles. The third-order valence-electron chi connectivity index (χ3n) is 3.55. The van der Waals surface area contributed by atoms with Crippen molar-refractivity contribution in [2.45, 2.75) is 83.6 Å². The molecule has 0 aliphatic heterocycles. The molecule has 125 valence electrons. The van der Waals surface area contributed by atoms with Gasteiger partial charge in [-0.2, -0.15) is 0 Å². The molecule has 0 aliphatic carbocycles. The molecule has 4 nitrogen and oxygen atoms in total. The van der Waals surface area contributed by atoms with Gasteiger partial charge in [-0.1, -0.05) is 50.8 Å². The van der Waals surface area contributed by atoms with Crippen molar-refractivity contribution in [2.24, 2.45) is 0 Å². The summed E-state index contributed by atoms with van der Waals surface area (Å²) in [6.45, 7) is 2.16. The Hall–Kier alpha value is -1.45. The van der Waals surface area contributed by atoms with Crippen molar-refractivity contribution in [1.82, 2.24) is 0 Å². The van der Waals surface area contributed by atoms with Crippen molar-refractivity contribution < 1.29 is 9.72 Å². The minimum absolute atomic E-state index is 0.215. The third-order valence-corrected chi connectivity index (χ3v) is 3.55. The number of unbranched alkanes of at least 4 members (excludes halogenated alkanes) is 8. The van der Waals surface area contributed by atoms with Gasteiger partial charge in [0.1, 0.15) is 0 Å². The van der Waals surface area contributed by atoms with Crippen molar-refractivity contribution in [2.75, 3.05) is 0 Å². The molecule has 0 aromatic rings. The number of nitrogens with zero attached hydrogens (tertiary/aromatic N) is 1. The van der Waals surface area contributed by atoms with E-state index in [-0.39, 0.29) is 4.92 Å². The molecule has 0 aromatic heterocycles. The molecule has 0 amide bonds. The molecule has 0 aliphatic rings. The SMILES string of the molecule is CCCCC/C=C/CC(/C=C/CCCCCC[C]=O)[N+](=O)[O-]. The second-order valence-corrected chi connectivity index (χ2v) is 5.58. The van der Waals surface area contributed by atoms with Crippen LogP contribution in [0.1, 0.15) is 77.6 Å². The zero-order valence-electron chi connectivity index (χ0n) is 13.8. The first-order chi connectivity index (χ1) is 10.7. The Morgan fingerprint density at radius 3 is 2.36 bits per heavy atom. The Morgan fingerprint density at radius 2 is 1.68 bits per heavy atom. The molecule has 0 N–H and O–H groups in total. The highest BCUT2D eigenvalue weighted by Crippen LogP contribution is 2.08. The van der Waals surface area contributed by atoms with E-state index in [4.69, 9.17) is 0 Å². The molecule has 1 radical (unpaired) electrons. The largest absolute Gasteiger partial charge is 0.291 e. The summed E-state index contributed by atoms with van der Waals surface area (Å²) in [5.41, 5.74) is 0. The fraction of sp³-hybridized carbons (Fsp3) is 0.722. The number of rotatable bonds is 15. The lowest BCUT2D eigenvalue weighted by atomic mass is 10.1. The van der Waals surface area contributed by atoms with E-state index >= 15 is 0 Å². The normalized spacial score (nSPS) is 13.0. The molecule has 4 heteroatoms. The van der Waals surface area contributed by atoms with Crippen LogP contribution in [-0.4, -0.2) is 17.3 Å². The molecule has 0 fully saturated rings. The molecular weight excluding hydrogens is 278 g/mol. The molecule has 22 heavy (non-hydrogen) atoms. The minimum atomic E-state index is -0.605. The van der Waals surface area contributed by atoms with Crippen LogP contribution in [0.3, 0.4) is 0 Å². The van der Waals surface area contributed by atoms with E-state index in [0.717, 1.165) is 44.9 Å². The maximum absolute atomic E-state index is 11.0. The van der Waals surface area contributed by atoms with Crippen molar-refractivity contribution in [3.63, 3.8) is 0 Å². The van der Waals surface area contributed by atoms with Crippen LogP contribution in [0.25, 0.3) is 0 Å². The standard InChI is InChI=1S/C18H30NO3/c1-2-3-4-5-9-12-15-18(19(21)22)16-13-10-7-6-8-11-14-17-20/h9,12-13,16,18H,2-8,10-11,14-15H2,1H3/b12-9+,16-13+. The van der Waals surface area contributed by atoms with Crippen LogP contribution in [-0.2, 0) is 4.79 Å². The first-order valence-electron chi connectivity index (χ1n) is 8.52. The molecule has 0 spiro atoms. The molecule has 0 aromatic carbocycles. The summed E-state index contributed by atoms with van der Waals surface area (Å²) in [4.78, 5) is 20.8. The molecule has 1 unspecified atom stereocenters. The number of hydrogen-bond acceptors (Lipinski definition) is 3. The van der Waals surface area contributed by atoms with E-state index in [1.54, 1.807) is 6.08 Å². The van der Waals surface area contributed by atoms with Gasteiger partial charge in [0, 0.05) is 17.8 Å². The Kier molecular flexibility index (Phi) is 14.9. The van der Waals surface area contributed by atoms with Gasteiger partial charge in [-0.05, 0) is 38.2 Å². The summed E-state index contributed by atoms with van der Waals surface area (Å²) in [7, 11) is 0. The summed E-state index contributed by atoms with van der Waals surface area (Å²) in [6.07, 6.45) is 20.0. The van der Waals surface area contributed by atoms with Crippen LogP contribution in [0, 0.1) is 10.1 Å². The maximum atomic E-state index is 11.0. The van der Waals surface area contributed by atoms with E-state index in [1.165, 1.54) is 12.8 Å². The van der Waals surface area contributed by atoms with Crippen LogP contribution in [0.2, 0.25) is 0 Å². The van der Waals surface area contributed by atoms with Crippen LogP contribution < -0.4 is 0 Å². The summed E-state index contributed by atoms with van der Waals surface area (Å²) in [5, 5.41) is 11.0. The zero-order chi connectivity index (χ0) is 16.5. The summed E-state index contributed by atoms with van der Waals surface area (Å²) < 4.78 is 0. The smallest absolute Gasteiger partial charge is 0.234 e. The Bertz CT molecular complexity index is 337. The van der Waals surface area contributed by atoms with E-state index in [1.807, 2.05) is 18.4 Å². The van der Waals surface area contributed by atoms with Crippen LogP contribution in [0.4, 0.5) is 0 Å². The van der Waals surface area contributed by atoms with Crippen molar-refractivity contribution in [1.29, 1.82) is 0 Å². The van der Waals surface area contributed by atoms with Gasteiger partial charge < -0.3 is 0 Å². The Labute approximate surface area is 134 Å². The van der Waals surface area contributed by atoms with E-state index < -0.39 is 6.04 Å². The average Bonchev–Trinajstić information content (AvgIpc) is 2.50. The van der Waals surface area contributed by atoms with Crippen LogP contribution >= 0.6 is 0 Å². The molecular formula is C18H30NO3. The van der Waals surface area contributed by atoms with Gasteiger partial charge in [0.25, 0.3) is 0 Å². The third kappa shape index (κ3) is 13.5. The van der Waals surface area contributed by atoms with Crippen LogP contribution in [0.15, 0.2) is 24.3 Å². The summed E-state index contributed by atoms with van der Waals surface area (Å²) in [5.74, 6) is 0. The number of carbonyl (C=O) groups excluding carboxylic acids is 1. The monoisotopic (exact) mass is 308 g/mol. The van der Waals surface area contributed by atoms with E-state index in [9.17, 15) is 14.9 Å². The highest BCUT2D eigenvalue weighted by molar-refractivity contribution is 5.50. The second kappa shape index (κ2) is 15.9. The lowest BCUT2D eigenvalue weighted by Gasteiger charge is -2.01. The van der Waals surface area contributed by atoms with E-state index in [2.05, 4.69) is 13.0 Å². The first-order valence-corrected chi connectivity index (χ1v) is 8.52. The molecule has 1 atom stereocenters. The Balaban J connectivity index is 3.81. The molecule has 0 saturated carbocycles. The highest BCUT2D eigenvalue weighted by atomic mass is 16.6. The number of allylic oxidation sites excluding steroid dienone is 2. The maximum Gasteiger partial charge on any atom is 0.234 e. The van der Waals surface area contributed by atoms with Gasteiger partial charge >= 0.3 is 0 Å². The average molecular weight is 308 g/mol. The van der Waals surface area contributed by atoms with Crippen molar-refractivity contribution in [3.05, 3.63) is 34.4 Å². The topological polar surface area (TPSA) is 60.2 Å². The second-order valence-electron chi connectivity index (χ2n) is 5.58. The predicted molar refractivity (Wildman–Crippen MR) is 91.2 cm³/mol. The molecule has 0 bridgehead atoms. The lowest BCUT2D eigenvalue weighted by molar-refractivity contribution is -0.508. The summed E-state index contributed by atoms with van der Waals surface area (Å²) >= 11 is 0. The first kappa shape index (κ1) is 20.6. The van der Waals surface area contributed by atoms with Crippen molar-refractivity contribution in [3.8, 4) is 0 Å². The van der Waals surface area contributed by atoms with E-state index in [0.29, 0.717) is 12.8 Å². The van der Waals surface area contributed by atoms with Gasteiger partial charge in [0.15, 0.2) is 6.29 Å². The lowest BCUT2D eigenvalue weighted by Crippen LogP contribution is -2.15. The zero-order valence-corrected chi connectivity index (χ0v) is 13.8. The van der Waals surface area contributed by atoms with Gasteiger partial charge in [0.05, 0.1) is 0 Å². The van der Waals surface area contributed by atoms with Crippen molar-refractivity contribution >= 4 is 6.29 Å². The quantitative estimate of drug-likeness (QED) is 0.181. The molecule has 0 heterocycles. The van der Waals surface area contributed by atoms with Gasteiger partial charge in [-0.15, -0.1) is 0 Å². The van der Waals surface area contributed by atoms with Gasteiger partial charge in [-0.3, -0.25) is 14.9 Å². The molecule has 0 rings (SSSR count). The number of hydrogen-bond donors (Lipinski definition) is 0. The highest BCUT2D eigenvalue weighted by Gasteiger charge is 2.12.